The van der Waals surface area contributed by atoms with Crippen molar-refractivity contribution in [3.05, 3.63) is 82.4 Å². The molecule has 1 atom stereocenters. The predicted molar refractivity (Wildman–Crippen MR) is 184 cm³/mol. The van der Waals surface area contributed by atoms with Gasteiger partial charge < -0.3 is 14.6 Å². The van der Waals surface area contributed by atoms with E-state index >= 15 is 0 Å². The summed E-state index contributed by atoms with van der Waals surface area (Å²) in [7, 11) is -3.71. The summed E-state index contributed by atoms with van der Waals surface area (Å²) >= 11 is 0. The quantitative estimate of drug-likeness (QED) is 0.188. The fourth-order valence-corrected chi connectivity index (χ4v) is 8.41. The summed E-state index contributed by atoms with van der Waals surface area (Å²) in [6, 6.07) is 9.89. The first-order valence-electron chi connectivity index (χ1n) is 16.4. The van der Waals surface area contributed by atoms with Crippen molar-refractivity contribution in [3.8, 4) is 5.88 Å². The third-order valence-corrected chi connectivity index (χ3v) is 11.4. The molecule has 0 radical (unpaired) electrons. The first-order chi connectivity index (χ1) is 24.0. The molecule has 2 aliphatic heterocycles. The van der Waals surface area contributed by atoms with Crippen LogP contribution in [0.25, 0.3) is 5.65 Å². The van der Waals surface area contributed by atoms with Crippen LogP contribution in [0.5, 0.6) is 5.88 Å². The van der Waals surface area contributed by atoms with Crippen LogP contribution in [0.2, 0.25) is 0 Å². The normalized spacial score (nSPS) is 18.6. The second kappa shape index (κ2) is 12.6. The number of likely N-dealkylation sites (tertiary alicyclic amines) is 1. The van der Waals surface area contributed by atoms with Crippen LogP contribution in [0.15, 0.2) is 53.7 Å². The minimum absolute atomic E-state index is 0.0110. The van der Waals surface area contributed by atoms with E-state index in [4.69, 9.17) is 9.47 Å². The SMILES string of the molecule is Cc1ccc(C(c2ccn3c(C(F)(F)F)nnc3c2C)C(C)(C)C(=O)O)cc1CN1CC2(CN(C(=O)OC(C)(C)C)C2)Oc2ncccc2S1(O)O. The number of amides is 1. The molecule has 1 spiro atoms. The molecule has 1 amide bonds. The summed E-state index contributed by atoms with van der Waals surface area (Å²) in [6.45, 7) is 11.9. The van der Waals surface area contributed by atoms with Gasteiger partial charge in [-0.2, -0.15) is 17.5 Å². The van der Waals surface area contributed by atoms with Gasteiger partial charge in [0.05, 0.1) is 25.0 Å². The lowest BCUT2D eigenvalue weighted by Crippen LogP contribution is -2.70. The Morgan fingerprint density at radius 3 is 2.37 bits per heavy atom. The van der Waals surface area contributed by atoms with E-state index in [0.29, 0.717) is 22.3 Å². The van der Waals surface area contributed by atoms with Gasteiger partial charge in [0.25, 0.3) is 0 Å². The van der Waals surface area contributed by atoms with Gasteiger partial charge in [0.2, 0.25) is 11.7 Å². The molecule has 0 aliphatic carbocycles. The molecule has 3 aromatic heterocycles. The number of alkyl halides is 3. The molecular formula is C35H41F3N6O7S. The van der Waals surface area contributed by atoms with Crippen molar-refractivity contribution in [2.24, 2.45) is 5.41 Å². The third-order valence-electron chi connectivity index (χ3n) is 9.54. The zero-order chi connectivity index (χ0) is 38.2. The molecule has 0 saturated carbocycles. The van der Waals surface area contributed by atoms with E-state index in [1.807, 2.05) is 6.92 Å². The Balaban J connectivity index is 1.40. The van der Waals surface area contributed by atoms with E-state index in [1.165, 1.54) is 47.6 Å². The number of carbonyl (C=O) groups is 2. The number of carbonyl (C=O) groups excluding carboxylic acids is 1. The van der Waals surface area contributed by atoms with Crippen LogP contribution in [0.1, 0.15) is 74.2 Å². The fourth-order valence-electron chi connectivity index (χ4n) is 6.81. The molecule has 1 fully saturated rings. The van der Waals surface area contributed by atoms with Gasteiger partial charge >= 0.3 is 18.2 Å². The highest BCUT2D eigenvalue weighted by molar-refractivity contribution is 8.22. The average Bonchev–Trinajstić information content (AvgIpc) is 3.43. The molecule has 52 heavy (non-hydrogen) atoms. The molecule has 3 N–H and O–H groups in total. The first-order valence-corrected chi connectivity index (χ1v) is 17.9. The van der Waals surface area contributed by atoms with E-state index in [1.54, 1.807) is 52.0 Å². The Kier molecular flexibility index (Phi) is 9.04. The number of hydrogen-bond acceptors (Lipinski definition) is 10. The monoisotopic (exact) mass is 746 g/mol. The largest absolute Gasteiger partial charge is 0.481 e. The van der Waals surface area contributed by atoms with Crippen LogP contribution >= 0.6 is 10.8 Å². The highest BCUT2D eigenvalue weighted by Gasteiger charge is 2.54. The summed E-state index contributed by atoms with van der Waals surface area (Å²) in [5, 5.41) is 17.6. The zero-order valence-corrected chi connectivity index (χ0v) is 30.5. The van der Waals surface area contributed by atoms with Crippen LogP contribution in [-0.2, 0) is 22.3 Å². The highest BCUT2D eigenvalue weighted by Crippen LogP contribution is 2.59. The van der Waals surface area contributed by atoms with Gasteiger partial charge in [0.1, 0.15) is 10.5 Å². The number of carboxylic acid groups (broad SMARTS) is 1. The zero-order valence-electron chi connectivity index (χ0n) is 29.7. The number of aliphatic carboxylic acids is 1. The van der Waals surface area contributed by atoms with Gasteiger partial charge in [-0.25, -0.2) is 9.78 Å². The molecule has 280 valence electrons. The standard InChI is InChI=1S/C35H41F3N6O7S/c1-20-10-11-22(26(33(6,7)30(45)46)24-12-14-44-27(21(24)2)40-41-29(44)35(36,37)38)15-23(20)16-43-19-34(17-42(18-34)31(47)51-32(3,4)5)50-28-25(52(43,48)49)9-8-13-39-28/h8-15,26,48-49H,16-19H2,1-7H3,(H,45,46). The number of benzene rings is 1. The molecule has 1 unspecified atom stereocenters. The average molecular weight is 747 g/mol. The van der Waals surface area contributed by atoms with Crippen molar-refractivity contribution in [1.82, 2.24) is 28.8 Å². The number of rotatable bonds is 6. The molecule has 1 saturated heterocycles. The van der Waals surface area contributed by atoms with Gasteiger partial charge in [-0.1, -0.05) is 18.2 Å². The lowest BCUT2D eigenvalue weighted by molar-refractivity contribution is -0.147. The molecule has 17 heteroatoms. The van der Waals surface area contributed by atoms with Crippen molar-refractivity contribution >= 4 is 28.5 Å². The number of pyridine rings is 2. The van der Waals surface area contributed by atoms with Gasteiger partial charge in [0, 0.05) is 24.9 Å². The Morgan fingerprint density at radius 1 is 1.04 bits per heavy atom. The number of halogens is 3. The highest BCUT2D eigenvalue weighted by atomic mass is 32.3. The summed E-state index contributed by atoms with van der Waals surface area (Å²) < 4.78 is 78.8. The lowest BCUT2D eigenvalue weighted by atomic mass is 9.70. The molecule has 13 nitrogen and oxygen atoms in total. The van der Waals surface area contributed by atoms with Gasteiger partial charge in [-0.05, 0) is 94.5 Å². The van der Waals surface area contributed by atoms with E-state index < -0.39 is 57.4 Å². The third kappa shape index (κ3) is 6.66. The maximum atomic E-state index is 13.7. The molecule has 6 rings (SSSR count). The fraction of sp³-hybridized carbons (Fsp3) is 0.457. The summed E-state index contributed by atoms with van der Waals surface area (Å²) in [5.41, 5.74) is -0.588. The number of aromatic nitrogens is 4. The summed E-state index contributed by atoms with van der Waals surface area (Å²) in [6.07, 6.45) is -2.62. The minimum atomic E-state index is -4.75. The van der Waals surface area contributed by atoms with Gasteiger partial charge in [-0.15, -0.1) is 21.0 Å². The van der Waals surface area contributed by atoms with Crippen molar-refractivity contribution in [2.45, 2.75) is 83.2 Å². The van der Waals surface area contributed by atoms with Crippen LogP contribution in [0, 0.1) is 19.3 Å². The van der Waals surface area contributed by atoms with Gasteiger partial charge in [-0.3, -0.25) is 23.2 Å². The van der Waals surface area contributed by atoms with E-state index in [-0.39, 0.29) is 42.6 Å². The Labute approximate surface area is 299 Å². The second-order valence-corrected chi connectivity index (χ2v) is 17.0. The van der Waals surface area contributed by atoms with Crippen LogP contribution < -0.4 is 4.74 Å². The predicted octanol–water partition coefficient (Wildman–Crippen LogP) is 6.91. The van der Waals surface area contributed by atoms with Crippen LogP contribution in [0.3, 0.4) is 0 Å². The molecular weight excluding hydrogens is 705 g/mol. The maximum absolute atomic E-state index is 13.7. The van der Waals surface area contributed by atoms with E-state index in [0.717, 1.165) is 9.96 Å². The number of aryl methyl sites for hydroxylation is 2. The van der Waals surface area contributed by atoms with Crippen molar-refractivity contribution in [3.63, 3.8) is 0 Å². The Morgan fingerprint density at radius 2 is 1.73 bits per heavy atom. The second-order valence-electron chi connectivity index (χ2n) is 15.0. The summed E-state index contributed by atoms with van der Waals surface area (Å²) in [4.78, 5) is 31.5. The first kappa shape index (κ1) is 37.3. The molecule has 1 aromatic carbocycles. The topological polar surface area (TPSA) is 163 Å². The maximum Gasteiger partial charge on any atom is 0.452 e. The molecule has 5 heterocycles. The number of carboxylic acids is 1. The number of ether oxygens (including phenoxy) is 2. The van der Waals surface area contributed by atoms with Crippen LogP contribution in [0.4, 0.5) is 18.0 Å². The Hall–Kier alpha value is -4.45. The van der Waals surface area contributed by atoms with Crippen molar-refractivity contribution in [1.29, 1.82) is 0 Å². The number of fused-ring (bicyclic) bond motifs is 2. The lowest BCUT2D eigenvalue weighted by Gasteiger charge is -2.50. The smallest absolute Gasteiger partial charge is 0.452 e. The molecule has 0 bridgehead atoms. The van der Waals surface area contributed by atoms with E-state index in [9.17, 15) is 37.0 Å². The van der Waals surface area contributed by atoms with Crippen LogP contribution in [-0.4, -0.2) is 85.9 Å². The minimum Gasteiger partial charge on any atom is -0.481 e. The number of nitrogens with zero attached hydrogens (tertiary/aromatic N) is 6. The molecule has 4 aromatic rings. The van der Waals surface area contributed by atoms with Crippen molar-refractivity contribution in [2.75, 3.05) is 19.6 Å². The van der Waals surface area contributed by atoms with E-state index in [2.05, 4.69) is 15.2 Å². The number of hydrogen-bond donors (Lipinski definition) is 3. The Bertz CT molecular complexity index is 2060. The summed E-state index contributed by atoms with van der Waals surface area (Å²) in [5.74, 6) is -3.17. The van der Waals surface area contributed by atoms with Crippen molar-refractivity contribution < 1.29 is 46.4 Å². The van der Waals surface area contributed by atoms with Gasteiger partial charge in [0.15, 0.2) is 11.2 Å². The molecule has 2 aliphatic rings.